The van der Waals surface area contributed by atoms with Crippen LogP contribution in [-0.4, -0.2) is 52.1 Å². The fraction of sp³-hybridized carbons (Fsp3) is 0.857. The minimum Gasteiger partial charge on any atom is -0.481 e. The first kappa shape index (κ1) is 17.1. The van der Waals surface area contributed by atoms with Crippen LogP contribution in [0.4, 0.5) is 4.79 Å². The number of rotatable bonds is 6. The molecule has 6 heteroatoms. The van der Waals surface area contributed by atoms with Crippen molar-refractivity contribution in [1.29, 1.82) is 0 Å². The Balaban J connectivity index is 2.24. The molecule has 0 aliphatic carbocycles. The lowest BCUT2D eigenvalue weighted by molar-refractivity contribution is -0.137. The third-order valence-electron chi connectivity index (χ3n) is 3.91. The summed E-state index contributed by atoms with van der Waals surface area (Å²) in [4.78, 5) is 24.5. The SMILES string of the molecule is CC(CCNC(=O)N1CCSC(C)C1C)CCC(=O)O. The van der Waals surface area contributed by atoms with Crippen LogP contribution >= 0.6 is 11.8 Å². The summed E-state index contributed by atoms with van der Waals surface area (Å²) in [6.07, 6.45) is 1.69. The average molecular weight is 302 g/mol. The van der Waals surface area contributed by atoms with Crippen LogP contribution in [-0.2, 0) is 4.79 Å². The molecule has 1 fully saturated rings. The van der Waals surface area contributed by atoms with Crippen molar-refractivity contribution in [2.45, 2.75) is 51.3 Å². The number of aliphatic carboxylic acids is 1. The molecule has 5 nitrogen and oxygen atoms in total. The molecule has 2 N–H and O–H groups in total. The zero-order valence-electron chi connectivity index (χ0n) is 12.6. The molecule has 1 aliphatic rings. The van der Waals surface area contributed by atoms with E-state index in [1.54, 1.807) is 0 Å². The molecule has 0 radical (unpaired) electrons. The largest absolute Gasteiger partial charge is 0.481 e. The standard InChI is InChI=1S/C14H26N2O3S/c1-10(4-5-13(17)18)6-7-15-14(19)16-8-9-20-12(3)11(16)2/h10-12H,4-9H2,1-3H3,(H,15,19)(H,17,18). The minimum atomic E-state index is -0.755. The topological polar surface area (TPSA) is 69.6 Å². The van der Waals surface area contributed by atoms with Crippen molar-refractivity contribution in [2.24, 2.45) is 5.92 Å². The lowest BCUT2D eigenvalue weighted by Crippen LogP contribution is -2.52. The van der Waals surface area contributed by atoms with E-state index >= 15 is 0 Å². The van der Waals surface area contributed by atoms with Gasteiger partial charge in [-0.15, -0.1) is 0 Å². The predicted molar refractivity (Wildman–Crippen MR) is 82.1 cm³/mol. The molecule has 0 aromatic carbocycles. The van der Waals surface area contributed by atoms with Gasteiger partial charge in [0.1, 0.15) is 0 Å². The summed E-state index contributed by atoms with van der Waals surface area (Å²) >= 11 is 1.91. The third kappa shape index (κ3) is 5.61. The van der Waals surface area contributed by atoms with Crippen molar-refractivity contribution >= 4 is 23.8 Å². The summed E-state index contributed by atoms with van der Waals surface area (Å²) < 4.78 is 0. The summed E-state index contributed by atoms with van der Waals surface area (Å²) in [7, 11) is 0. The van der Waals surface area contributed by atoms with Gasteiger partial charge in [-0.2, -0.15) is 11.8 Å². The van der Waals surface area contributed by atoms with Gasteiger partial charge in [0.15, 0.2) is 0 Å². The lowest BCUT2D eigenvalue weighted by atomic mass is 10.0. The van der Waals surface area contributed by atoms with Gasteiger partial charge >= 0.3 is 12.0 Å². The number of carboxylic acid groups (broad SMARTS) is 1. The van der Waals surface area contributed by atoms with E-state index in [0.29, 0.717) is 24.1 Å². The average Bonchev–Trinajstić information content (AvgIpc) is 2.39. The number of hydrogen-bond donors (Lipinski definition) is 2. The Morgan fingerprint density at radius 2 is 2.10 bits per heavy atom. The van der Waals surface area contributed by atoms with E-state index in [1.165, 1.54) is 0 Å². The van der Waals surface area contributed by atoms with E-state index in [1.807, 2.05) is 23.6 Å². The quantitative estimate of drug-likeness (QED) is 0.790. The second-order valence-corrected chi connectivity index (χ2v) is 7.05. The van der Waals surface area contributed by atoms with Gasteiger partial charge in [-0.05, 0) is 25.7 Å². The molecule has 1 saturated heterocycles. The maximum Gasteiger partial charge on any atom is 0.317 e. The van der Waals surface area contributed by atoms with Crippen LogP contribution in [0.1, 0.15) is 40.0 Å². The molecule has 0 aromatic rings. The van der Waals surface area contributed by atoms with E-state index in [4.69, 9.17) is 5.11 Å². The van der Waals surface area contributed by atoms with E-state index in [-0.39, 0.29) is 18.5 Å². The number of amides is 2. The Labute approximate surface area is 125 Å². The third-order valence-corrected chi connectivity index (χ3v) is 5.25. The lowest BCUT2D eigenvalue weighted by Gasteiger charge is -2.37. The normalized spacial score (nSPS) is 24.2. The second kappa shape index (κ2) is 8.39. The van der Waals surface area contributed by atoms with Crippen molar-refractivity contribution in [2.75, 3.05) is 18.8 Å². The molecule has 0 aromatic heterocycles. The number of hydrogen-bond acceptors (Lipinski definition) is 3. The Morgan fingerprint density at radius 3 is 2.75 bits per heavy atom. The van der Waals surface area contributed by atoms with Gasteiger partial charge in [0.25, 0.3) is 0 Å². The van der Waals surface area contributed by atoms with Gasteiger partial charge in [-0.3, -0.25) is 4.79 Å². The van der Waals surface area contributed by atoms with Crippen molar-refractivity contribution < 1.29 is 14.7 Å². The summed E-state index contributed by atoms with van der Waals surface area (Å²) in [5.74, 6) is 0.558. The van der Waals surface area contributed by atoms with Crippen molar-refractivity contribution in [3.05, 3.63) is 0 Å². The van der Waals surface area contributed by atoms with Crippen molar-refractivity contribution in [1.82, 2.24) is 10.2 Å². The maximum atomic E-state index is 12.1. The Kier molecular flexibility index (Phi) is 7.19. The maximum absolute atomic E-state index is 12.1. The molecule has 1 rings (SSSR count). The predicted octanol–water partition coefficient (Wildman–Crippen LogP) is 2.41. The number of thioether (sulfide) groups is 1. The highest BCUT2D eigenvalue weighted by atomic mass is 32.2. The Morgan fingerprint density at radius 1 is 1.40 bits per heavy atom. The molecule has 3 unspecified atom stereocenters. The smallest absolute Gasteiger partial charge is 0.317 e. The van der Waals surface area contributed by atoms with E-state index < -0.39 is 5.97 Å². The monoisotopic (exact) mass is 302 g/mol. The first-order valence-corrected chi connectivity index (χ1v) is 8.34. The fourth-order valence-corrected chi connectivity index (χ4v) is 3.36. The molecule has 20 heavy (non-hydrogen) atoms. The number of carbonyl (C=O) groups is 2. The summed E-state index contributed by atoms with van der Waals surface area (Å²) in [6.45, 7) is 7.69. The van der Waals surface area contributed by atoms with Gasteiger partial charge in [0.05, 0.1) is 0 Å². The number of nitrogens with zero attached hydrogens (tertiary/aromatic N) is 1. The first-order chi connectivity index (χ1) is 9.41. The summed E-state index contributed by atoms with van der Waals surface area (Å²) in [6, 6.07) is 0.272. The van der Waals surface area contributed by atoms with E-state index in [2.05, 4.69) is 19.2 Å². The number of carboxylic acids is 1. The molecule has 1 heterocycles. The molecule has 0 saturated carbocycles. The zero-order valence-corrected chi connectivity index (χ0v) is 13.4. The van der Waals surface area contributed by atoms with Crippen molar-refractivity contribution in [3.63, 3.8) is 0 Å². The van der Waals surface area contributed by atoms with Gasteiger partial charge in [0.2, 0.25) is 0 Å². The van der Waals surface area contributed by atoms with Gasteiger partial charge in [-0.25, -0.2) is 4.79 Å². The van der Waals surface area contributed by atoms with Gasteiger partial charge in [0, 0.05) is 36.6 Å². The van der Waals surface area contributed by atoms with Gasteiger partial charge < -0.3 is 15.3 Å². The fourth-order valence-electron chi connectivity index (χ4n) is 2.26. The molecule has 3 atom stereocenters. The number of carbonyl (C=O) groups excluding carboxylic acids is 1. The number of urea groups is 1. The second-order valence-electron chi connectivity index (χ2n) is 5.57. The highest BCUT2D eigenvalue weighted by Gasteiger charge is 2.28. The molecule has 2 amide bonds. The minimum absolute atomic E-state index is 0.00934. The van der Waals surface area contributed by atoms with Crippen LogP contribution in [0.15, 0.2) is 0 Å². The molecule has 0 bridgehead atoms. The molecular formula is C14H26N2O3S. The zero-order chi connectivity index (χ0) is 15.1. The molecule has 1 aliphatic heterocycles. The van der Waals surface area contributed by atoms with Crippen LogP contribution in [0.5, 0.6) is 0 Å². The van der Waals surface area contributed by atoms with Crippen LogP contribution in [0.2, 0.25) is 0 Å². The first-order valence-electron chi connectivity index (χ1n) is 7.29. The number of nitrogens with one attached hydrogen (secondary N) is 1. The van der Waals surface area contributed by atoms with Gasteiger partial charge in [-0.1, -0.05) is 13.8 Å². The highest BCUT2D eigenvalue weighted by molar-refractivity contribution is 8.00. The Hall–Kier alpha value is -0.910. The van der Waals surface area contributed by atoms with Crippen LogP contribution in [0, 0.1) is 5.92 Å². The van der Waals surface area contributed by atoms with E-state index in [9.17, 15) is 9.59 Å². The van der Waals surface area contributed by atoms with Crippen LogP contribution in [0.25, 0.3) is 0 Å². The Bertz CT molecular complexity index is 338. The highest BCUT2D eigenvalue weighted by Crippen LogP contribution is 2.24. The molecule has 0 spiro atoms. The van der Waals surface area contributed by atoms with E-state index in [0.717, 1.165) is 18.7 Å². The van der Waals surface area contributed by atoms with Crippen LogP contribution < -0.4 is 5.32 Å². The van der Waals surface area contributed by atoms with Crippen LogP contribution in [0.3, 0.4) is 0 Å². The molecular weight excluding hydrogens is 276 g/mol. The van der Waals surface area contributed by atoms with Crippen molar-refractivity contribution in [3.8, 4) is 0 Å². The molecule has 116 valence electrons. The summed E-state index contributed by atoms with van der Waals surface area (Å²) in [5, 5.41) is 12.0. The summed E-state index contributed by atoms with van der Waals surface area (Å²) in [5.41, 5.74) is 0.